The van der Waals surface area contributed by atoms with Gasteiger partial charge in [-0.15, -0.1) is 0 Å². The summed E-state index contributed by atoms with van der Waals surface area (Å²) in [6, 6.07) is 5.19. The van der Waals surface area contributed by atoms with Crippen LogP contribution in [0.1, 0.15) is 37.7 Å². The van der Waals surface area contributed by atoms with Gasteiger partial charge in [0.05, 0.1) is 0 Å². The third kappa shape index (κ3) is 4.68. The van der Waals surface area contributed by atoms with Crippen molar-refractivity contribution in [3.8, 4) is 5.75 Å². The average Bonchev–Trinajstić information content (AvgIpc) is 2.35. The first kappa shape index (κ1) is 15.6. The molecule has 0 amide bonds. The number of hydrogen-bond donors (Lipinski definition) is 2. The van der Waals surface area contributed by atoms with Crippen molar-refractivity contribution in [3.05, 3.63) is 28.8 Å². The predicted molar refractivity (Wildman–Crippen MR) is 71.4 cm³/mol. The van der Waals surface area contributed by atoms with E-state index < -0.39 is 0 Å². The van der Waals surface area contributed by atoms with Crippen molar-refractivity contribution in [1.29, 1.82) is 0 Å². The highest BCUT2D eigenvalue weighted by molar-refractivity contribution is 6.30. The normalized spacial score (nSPS) is 16.3. The lowest BCUT2D eigenvalue weighted by Gasteiger charge is -2.21. The topological polar surface area (TPSA) is 32.3 Å². The molecule has 0 aromatic heterocycles. The maximum atomic E-state index is 9.67. The molecular formula is C14H20Cl2NO-. The third-order valence-electron chi connectivity index (χ3n) is 3.51. The Morgan fingerprint density at radius 2 is 1.94 bits per heavy atom. The van der Waals surface area contributed by atoms with Crippen molar-refractivity contribution in [2.75, 3.05) is 6.54 Å². The van der Waals surface area contributed by atoms with E-state index >= 15 is 0 Å². The number of benzene rings is 1. The first-order chi connectivity index (χ1) is 8.25. The van der Waals surface area contributed by atoms with E-state index in [-0.39, 0.29) is 12.4 Å². The van der Waals surface area contributed by atoms with E-state index in [1.807, 2.05) is 6.07 Å². The molecule has 0 radical (unpaired) electrons. The second-order valence-electron chi connectivity index (χ2n) is 4.91. The van der Waals surface area contributed by atoms with Crippen molar-refractivity contribution >= 4 is 11.6 Å². The van der Waals surface area contributed by atoms with E-state index in [1.54, 1.807) is 12.1 Å². The highest BCUT2D eigenvalue weighted by Crippen LogP contribution is 2.24. The molecule has 0 aliphatic heterocycles. The van der Waals surface area contributed by atoms with Crippen LogP contribution in [0.3, 0.4) is 0 Å². The quantitative estimate of drug-likeness (QED) is 0.856. The monoisotopic (exact) mass is 288 g/mol. The summed E-state index contributed by atoms with van der Waals surface area (Å²) in [5.41, 5.74) is 0.883. The van der Waals surface area contributed by atoms with Gasteiger partial charge in [0.1, 0.15) is 5.75 Å². The summed E-state index contributed by atoms with van der Waals surface area (Å²) in [5.74, 6) is 1.13. The fourth-order valence-electron chi connectivity index (χ4n) is 2.50. The van der Waals surface area contributed by atoms with E-state index in [0.29, 0.717) is 17.3 Å². The molecule has 1 aliphatic rings. The first-order valence-corrected chi connectivity index (χ1v) is 6.81. The van der Waals surface area contributed by atoms with Gasteiger partial charge in [-0.25, -0.2) is 0 Å². The summed E-state index contributed by atoms with van der Waals surface area (Å²) in [7, 11) is 0. The van der Waals surface area contributed by atoms with Gasteiger partial charge >= 0.3 is 0 Å². The summed E-state index contributed by atoms with van der Waals surface area (Å²) in [5, 5.41) is 13.8. The van der Waals surface area contributed by atoms with Crippen LogP contribution in [-0.4, -0.2) is 11.7 Å². The Morgan fingerprint density at radius 3 is 2.67 bits per heavy atom. The highest BCUT2D eigenvalue weighted by atomic mass is 35.5. The van der Waals surface area contributed by atoms with Crippen molar-refractivity contribution in [2.45, 2.75) is 38.6 Å². The molecule has 2 rings (SSSR count). The van der Waals surface area contributed by atoms with E-state index in [4.69, 9.17) is 11.6 Å². The third-order valence-corrected chi connectivity index (χ3v) is 3.75. The molecule has 1 saturated carbocycles. The van der Waals surface area contributed by atoms with E-state index in [0.717, 1.165) is 18.0 Å². The van der Waals surface area contributed by atoms with Crippen LogP contribution in [0, 0.1) is 5.92 Å². The maximum absolute atomic E-state index is 9.67. The van der Waals surface area contributed by atoms with E-state index in [1.165, 1.54) is 32.1 Å². The number of phenolic OH excluding ortho intramolecular Hbond substituents is 1. The second kappa shape index (κ2) is 7.88. The minimum atomic E-state index is 0. The fourth-order valence-corrected chi connectivity index (χ4v) is 2.69. The lowest BCUT2D eigenvalue weighted by Crippen LogP contribution is -3.00. The van der Waals surface area contributed by atoms with Gasteiger partial charge in [-0.1, -0.05) is 30.9 Å². The smallest absolute Gasteiger partial charge is 0.120 e. The Bertz CT molecular complexity index is 365. The fraction of sp³-hybridized carbons (Fsp3) is 0.571. The predicted octanol–water partition coefficient (Wildman–Crippen LogP) is 0.719. The molecule has 0 atom stereocenters. The summed E-state index contributed by atoms with van der Waals surface area (Å²) in [6.07, 6.45) is 6.82. The second-order valence-corrected chi connectivity index (χ2v) is 5.34. The number of hydrogen-bond acceptors (Lipinski definition) is 2. The van der Waals surface area contributed by atoms with Gasteiger partial charge in [0.2, 0.25) is 0 Å². The van der Waals surface area contributed by atoms with Gasteiger partial charge in [0.15, 0.2) is 0 Å². The van der Waals surface area contributed by atoms with Gasteiger partial charge in [0.25, 0.3) is 0 Å². The van der Waals surface area contributed by atoms with Gasteiger partial charge in [-0.3, -0.25) is 0 Å². The molecule has 1 aromatic rings. The van der Waals surface area contributed by atoms with Crippen LogP contribution in [-0.2, 0) is 6.54 Å². The Hall–Kier alpha value is -0.440. The molecular weight excluding hydrogens is 269 g/mol. The molecule has 2 nitrogen and oxygen atoms in total. The summed E-state index contributed by atoms with van der Waals surface area (Å²) in [4.78, 5) is 0. The van der Waals surface area contributed by atoms with Crippen molar-refractivity contribution in [2.24, 2.45) is 5.92 Å². The Balaban J connectivity index is 0.00000162. The largest absolute Gasteiger partial charge is 1.00 e. The highest BCUT2D eigenvalue weighted by Gasteiger charge is 2.12. The molecule has 0 bridgehead atoms. The van der Waals surface area contributed by atoms with Crippen LogP contribution in [0.5, 0.6) is 5.75 Å². The van der Waals surface area contributed by atoms with Gasteiger partial charge < -0.3 is 22.8 Å². The molecule has 18 heavy (non-hydrogen) atoms. The molecule has 0 spiro atoms. The summed E-state index contributed by atoms with van der Waals surface area (Å²) in [6.45, 7) is 1.74. The molecule has 1 aliphatic carbocycles. The van der Waals surface area contributed by atoms with Crippen LogP contribution >= 0.6 is 11.6 Å². The Labute approximate surface area is 120 Å². The number of nitrogens with one attached hydrogen (secondary N) is 1. The molecule has 2 N–H and O–H groups in total. The minimum absolute atomic E-state index is 0. The van der Waals surface area contributed by atoms with Crippen molar-refractivity contribution in [1.82, 2.24) is 5.32 Å². The first-order valence-electron chi connectivity index (χ1n) is 6.44. The zero-order chi connectivity index (χ0) is 12.1. The van der Waals surface area contributed by atoms with Crippen LogP contribution in [0.25, 0.3) is 0 Å². The van der Waals surface area contributed by atoms with Crippen molar-refractivity contribution in [3.63, 3.8) is 0 Å². The van der Waals surface area contributed by atoms with E-state index in [2.05, 4.69) is 5.32 Å². The summed E-state index contributed by atoms with van der Waals surface area (Å²) >= 11 is 5.91. The van der Waals surface area contributed by atoms with Crippen LogP contribution in [0.15, 0.2) is 18.2 Å². The number of aromatic hydroxyl groups is 1. The lowest BCUT2D eigenvalue weighted by atomic mass is 9.89. The number of rotatable bonds is 4. The molecule has 0 heterocycles. The molecule has 0 unspecified atom stereocenters. The van der Waals surface area contributed by atoms with Gasteiger partial charge in [-0.2, -0.15) is 0 Å². The molecule has 102 valence electrons. The summed E-state index contributed by atoms with van der Waals surface area (Å²) < 4.78 is 0. The van der Waals surface area contributed by atoms with Gasteiger partial charge in [0, 0.05) is 17.1 Å². The Morgan fingerprint density at radius 1 is 1.22 bits per heavy atom. The van der Waals surface area contributed by atoms with Crippen molar-refractivity contribution < 1.29 is 17.5 Å². The zero-order valence-corrected chi connectivity index (χ0v) is 12.0. The van der Waals surface area contributed by atoms with E-state index in [9.17, 15) is 5.11 Å². The van der Waals surface area contributed by atoms with Crippen LogP contribution < -0.4 is 17.7 Å². The van der Waals surface area contributed by atoms with Crippen LogP contribution in [0.2, 0.25) is 5.02 Å². The SMILES string of the molecule is Oc1ccc(Cl)cc1CNCC1CCCCC1.[Cl-]. The standard InChI is InChI=1S/C14H20ClNO.ClH/c15-13-6-7-14(17)12(8-13)10-16-9-11-4-2-1-3-5-11;/h6-8,11,16-17H,1-5,9-10H2;1H/p-1. The molecule has 1 fully saturated rings. The zero-order valence-electron chi connectivity index (χ0n) is 10.5. The molecule has 1 aromatic carbocycles. The van der Waals surface area contributed by atoms with Gasteiger partial charge in [-0.05, 0) is 43.5 Å². The lowest BCUT2D eigenvalue weighted by molar-refractivity contribution is -0.00000447. The average molecular weight is 289 g/mol. The number of phenols is 1. The number of halogens is 2. The maximum Gasteiger partial charge on any atom is 0.120 e. The Kier molecular flexibility index (Phi) is 6.83. The molecule has 0 saturated heterocycles. The minimum Gasteiger partial charge on any atom is -1.00 e. The molecule has 4 heteroatoms. The van der Waals surface area contributed by atoms with Crippen LogP contribution in [0.4, 0.5) is 0 Å².